The summed E-state index contributed by atoms with van der Waals surface area (Å²) < 4.78 is 32.3. The molecule has 1 aliphatic carbocycles. The predicted octanol–water partition coefficient (Wildman–Crippen LogP) is 1.70. The molecular weight excluding hydrogens is 428 g/mol. The molecule has 0 radical (unpaired) electrons. The topological polar surface area (TPSA) is 122 Å². The molecule has 4 rings (SSSR count). The lowest BCUT2D eigenvalue weighted by Gasteiger charge is -2.31. The molecule has 2 aliphatic rings. The van der Waals surface area contributed by atoms with E-state index in [-0.39, 0.29) is 23.1 Å². The van der Waals surface area contributed by atoms with Crippen LogP contribution in [0.3, 0.4) is 0 Å². The SMILES string of the molecule is Cc1noc(C)c1S(=O)(=O)N1CCC[C@H](C(=O)NNC(=O)c2cc3c(s2)CCC3)C1. The van der Waals surface area contributed by atoms with Crippen molar-refractivity contribution in [3.05, 3.63) is 32.8 Å². The van der Waals surface area contributed by atoms with Crippen molar-refractivity contribution in [1.82, 2.24) is 20.3 Å². The number of nitrogens with zero attached hydrogens (tertiary/aromatic N) is 2. The molecular formula is C19H24N4O5S2. The third kappa shape index (κ3) is 3.88. The number of sulfonamides is 1. The second-order valence-corrected chi connectivity index (χ2v) is 10.7. The Labute approximate surface area is 178 Å². The molecule has 0 unspecified atom stereocenters. The van der Waals surface area contributed by atoms with E-state index in [4.69, 9.17) is 4.52 Å². The van der Waals surface area contributed by atoms with Gasteiger partial charge in [-0.1, -0.05) is 5.16 Å². The Morgan fingerprint density at radius 1 is 1.23 bits per heavy atom. The number of thiophene rings is 1. The summed E-state index contributed by atoms with van der Waals surface area (Å²) in [5.74, 6) is -1.07. The molecule has 1 fully saturated rings. The summed E-state index contributed by atoms with van der Waals surface area (Å²) in [4.78, 5) is 26.8. The van der Waals surface area contributed by atoms with Gasteiger partial charge in [0, 0.05) is 18.0 Å². The molecule has 11 heteroatoms. The van der Waals surface area contributed by atoms with E-state index in [2.05, 4.69) is 16.0 Å². The van der Waals surface area contributed by atoms with Crippen molar-refractivity contribution >= 4 is 33.2 Å². The van der Waals surface area contributed by atoms with Crippen LogP contribution < -0.4 is 10.9 Å². The van der Waals surface area contributed by atoms with Gasteiger partial charge >= 0.3 is 0 Å². The van der Waals surface area contributed by atoms with Gasteiger partial charge in [0.2, 0.25) is 15.9 Å². The zero-order valence-corrected chi connectivity index (χ0v) is 18.5. The van der Waals surface area contributed by atoms with Crippen LogP contribution in [0.1, 0.15) is 50.8 Å². The smallest absolute Gasteiger partial charge is 0.279 e. The monoisotopic (exact) mass is 452 g/mol. The normalized spacial score (nSPS) is 19.5. The number of carbonyl (C=O) groups excluding carboxylic acids is 2. The van der Waals surface area contributed by atoms with E-state index in [9.17, 15) is 18.0 Å². The number of aryl methyl sites for hydroxylation is 4. The number of aromatic nitrogens is 1. The molecule has 9 nitrogen and oxygen atoms in total. The van der Waals surface area contributed by atoms with Crippen LogP contribution in [0.4, 0.5) is 0 Å². The average molecular weight is 453 g/mol. The lowest BCUT2D eigenvalue weighted by molar-refractivity contribution is -0.126. The summed E-state index contributed by atoms with van der Waals surface area (Å²) in [6, 6.07) is 1.88. The second-order valence-electron chi connectivity index (χ2n) is 7.71. The maximum Gasteiger partial charge on any atom is 0.279 e. The minimum Gasteiger partial charge on any atom is -0.360 e. The third-order valence-corrected chi connectivity index (χ3v) is 8.94. The molecule has 0 saturated carbocycles. The Morgan fingerprint density at radius 2 is 2.03 bits per heavy atom. The van der Waals surface area contributed by atoms with E-state index in [1.807, 2.05) is 6.07 Å². The lowest BCUT2D eigenvalue weighted by Crippen LogP contribution is -2.50. The minimum atomic E-state index is -3.81. The summed E-state index contributed by atoms with van der Waals surface area (Å²) in [5, 5.41) is 3.72. The molecule has 2 aromatic rings. The van der Waals surface area contributed by atoms with Gasteiger partial charge in [-0.25, -0.2) is 8.42 Å². The number of hydrogen-bond donors (Lipinski definition) is 2. The molecule has 0 bridgehead atoms. The fourth-order valence-corrected chi connectivity index (χ4v) is 7.03. The van der Waals surface area contributed by atoms with Crippen molar-refractivity contribution in [3.63, 3.8) is 0 Å². The standard InChI is InChI=1S/C19H24N4O5S2/c1-11-17(12(2)28-22-11)30(26,27)23-8-4-6-14(10-23)18(24)20-21-19(25)16-9-13-5-3-7-15(13)29-16/h9,14H,3-8,10H2,1-2H3,(H,20,24)(H,21,25)/t14-/m0/s1. The summed E-state index contributed by atoms with van der Waals surface area (Å²) in [6.45, 7) is 3.50. The fraction of sp³-hybridized carbons (Fsp3) is 0.526. The highest BCUT2D eigenvalue weighted by Gasteiger charge is 2.36. The molecule has 162 valence electrons. The van der Waals surface area contributed by atoms with Crippen LogP contribution in [0.15, 0.2) is 15.5 Å². The first-order valence-electron chi connectivity index (χ1n) is 9.92. The van der Waals surface area contributed by atoms with Crippen LogP contribution in [0.5, 0.6) is 0 Å². The highest BCUT2D eigenvalue weighted by atomic mass is 32.2. The number of fused-ring (bicyclic) bond motifs is 1. The Hall–Kier alpha value is -2.24. The van der Waals surface area contributed by atoms with Gasteiger partial charge in [-0.2, -0.15) is 4.31 Å². The van der Waals surface area contributed by atoms with Gasteiger partial charge in [0.15, 0.2) is 5.76 Å². The first-order valence-corrected chi connectivity index (χ1v) is 12.2. The van der Waals surface area contributed by atoms with Crippen LogP contribution in [0.2, 0.25) is 0 Å². The van der Waals surface area contributed by atoms with E-state index in [1.165, 1.54) is 26.1 Å². The highest BCUT2D eigenvalue weighted by molar-refractivity contribution is 7.89. The van der Waals surface area contributed by atoms with Gasteiger partial charge < -0.3 is 4.52 Å². The lowest BCUT2D eigenvalue weighted by atomic mass is 9.99. The van der Waals surface area contributed by atoms with E-state index in [1.54, 1.807) is 13.8 Å². The quantitative estimate of drug-likeness (QED) is 0.681. The van der Waals surface area contributed by atoms with E-state index < -0.39 is 21.8 Å². The van der Waals surface area contributed by atoms with Crippen LogP contribution in [0.25, 0.3) is 0 Å². The first-order chi connectivity index (χ1) is 14.3. The predicted molar refractivity (Wildman–Crippen MR) is 109 cm³/mol. The van der Waals surface area contributed by atoms with Crippen molar-refractivity contribution in [2.45, 2.75) is 50.8 Å². The molecule has 30 heavy (non-hydrogen) atoms. The molecule has 2 N–H and O–H groups in total. The Balaban J connectivity index is 1.38. The van der Waals surface area contributed by atoms with Gasteiger partial charge in [-0.3, -0.25) is 20.4 Å². The number of nitrogens with one attached hydrogen (secondary N) is 2. The molecule has 0 aromatic carbocycles. The number of carbonyl (C=O) groups is 2. The average Bonchev–Trinajstić information content (AvgIpc) is 3.41. The summed E-state index contributed by atoms with van der Waals surface area (Å²) in [7, 11) is -3.81. The Kier molecular flexibility index (Phi) is 5.69. The summed E-state index contributed by atoms with van der Waals surface area (Å²) in [6.07, 6.45) is 4.20. The number of rotatable bonds is 4. The first kappa shape index (κ1) is 21.0. The zero-order chi connectivity index (χ0) is 21.5. The maximum atomic E-state index is 13.0. The minimum absolute atomic E-state index is 0.0431. The van der Waals surface area contributed by atoms with Gasteiger partial charge in [0.25, 0.3) is 5.91 Å². The molecule has 1 aliphatic heterocycles. The molecule has 2 amide bonds. The van der Waals surface area contributed by atoms with Gasteiger partial charge in [0.05, 0.1) is 10.8 Å². The Morgan fingerprint density at radius 3 is 2.73 bits per heavy atom. The number of hydrogen-bond acceptors (Lipinski definition) is 7. The van der Waals surface area contributed by atoms with E-state index >= 15 is 0 Å². The molecule has 3 heterocycles. The van der Waals surface area contributed by atoms with Crippen molar-refractivity contribution in [2.24, 2.45) is 5.92 Å². The van der Waals surface area contributed by atoms with Crippen LogP contribution in [-0.2, 0) is 27.7 Å². The zero-order valence-electron chi connectivity index (χ0n) is 16.9. The maximum absolute atomic E-state index is 13.0. The number of amides is 2. The largest absolute Gasteiger partial charge is 0.360 e. The van der Waals surface area contributed by atoms with Crippen molar-refractivity contribution < 1.29 is 22.5 Å². The van der Waals surface area contributed by atoms with Crippen LogP contribution in [-0.4, -0.2) is 42.8 Å². The molecule has 1 saturated heterocycles. The van der Waals surface area contributed by atoms with E-state index in [0.717, 1.165) is 19.3 Å². The number of piperidine rings is 1. The van der Waals surface area contributed by atoms with Crippen molar-refractivity contribution in [3.8, 4) is 0 Å². The third-order valence-electron chi connectivity index (χ3n) is 5.59. The fourth-order valence-electron chi connectivity index (χ4n) is 4.07. The summed E-state index contributed by atoms with van der Waals surface area (Å²) in [5.41, 5.74) is 6.44. The highest BCUT2D eigenvalue weighted by Crippen LogP contribution is 2.30. The number of hydrazine groups is 1. The van der Waals surface area contributed by atoms with Gasteiger partial charge in [-0.05, 0) is 57.6 Å². The second kappa shape index (κ2) is 8.12. The summed E-state index contributed by atoms with van der Waals surface area (Å²) >= 11 is 1.46. The Bertz CT molecular complexity index is 1050. The molecule has 1 atom stereocenters. The van der Waals surface area contributed by atoms with Crippen molar-refractivity contribution in [2.75, 3.05) is 13.1 Å². The van der Waals surface area contributed by atoms with Crippen molar-refractivity contribution in [1.29, 1.82) is 0 Å². The van der Waals surface area contributed by atoms with Crippen LogP contribution in [0, 0.1) is 19.8 Å². The van der Waals surface area contributed by atoms with Gasteiger partial charge in [-0.15, -0.1) is 11.3 Å². The van der Waals surface area contributed by atoms with E-state index in [0.29, 0.717) is 30.0 Å². The molecule has 2 aromatic heterocycles. The van der Waals surface area contributed by atoms with Gasteiger partial charge in [0.1, 0.15) is 10.6 Å². The van der Waals surface area contributed by atoms with Crippen LogP contribution >= 0.6 is 11.3 Å². The molecule has 0 spiro atoms.